The van der Waals surface area contributed by atoms with Gasteiger partial charge in [-0.2, -0.15) is 0 Å². The summed E-state index contributed by atoms with van der Waals surface area (Å²) in [6, 6.07) is 0. The molecule has 1 spiro atoms. The molecule has 0 aromatic carbocycles. The molecule has 0 radical (unpaired) electrons. The van der Waals surface area contributed by atoms with E-state index in [9.17, 15) is 18.0 Å². The third kappa shape index (κ3) is 2.44. The molecule has 2 heterocycles. The van der Waals surface area contributed by atoms with Crippen molar-refractivity contribution in [1.29, 1.82) is 0 Å². The summed E-state index contributed by atoms with van der Waals surface area (Å²) in [6.07, 6.45) is 0.777. The highest BCUT2D eigenvalue weighted by molar-refractivity contribution is 7.92. The molecule has 2 aliphatic rings. The van der Waals surface area contributed by atoms with E-state index >= 15 is 0 Å². The van der Waals surface area contributed by atoms with Crippen LogP contribution in [-0.2, 0) is 19.4 Å². The largest absolute Gasteiger partial charge is 0.481 e. The van der Waals surface area contributed by atoms with Crippen molar-refractivity contribution in [2.45, 2.75) is 0 Å². The molecule has 0 aliphatic carbocycles. The molecule has 0 bridgehead atoms. The zero-order chi connectivity index (χ0) is 14.3. The van der Waals surface area contributed by atoms with E-state index in [4.69, 9.17) is 9.84 Å². The van der Waals surface area contributed by atoms with Gasteiger partial charge in [0.1, 0.15) is 6.61 Å². The molecule has 106 valence electrons. The van der Waals surface area contributed by atoms with Crippen LogP contribution in [0.3, 0.4) is 0 Å². The lowest BCUT2D eigenvalue weighted by molar-refractivity contribution is -0.144. The molecule has 2 rings (SSSR count). The summed E-state index contributed by atoms with van der Waals surface area (Å²) in [5.74, 6) is -2.29. The maximum absolute atomic E-state index is 11.7. The normalized spacial score (nSPS) is 26.7. The molecule has 1 amide bonds. The monoisotopic (exact) mass is 289 g/mol. The fourth-order valence-electron chi connectivity index (χ4n) is 2.80. The van der Waals surface area contributed by atoms with Crippen molar-refractivity contribution in [2.75, 3.05) is 31.2 Å². The fourth-order valence-corrected chi connectivity index (χ4v) is 5.05. The Labute approximate surface area is 110 Å². The SMILES string of the molecule is C=CCOC(=O)N1CC(C(=O)O)C2(C1)CS(=O)(=O)C2. The van der Waals surface area contributed by atoms with Crippen molar-refractivity contribution in [2.24, 2.45) is 11.3 Å². The third-order valence-electron chi connectivity index (χ3n) is 3.54. The Bertz CT molecular complexity index is 513. The van der Waals surface area contributed by atoms with Gasteiger partial charge in [0.15, 0.2) is 9.84 Å². The Balaban J connectivity index is 2.11. The van der Waals surface area contributed by atoms with Crippen molar-refractivity contribution in [3.8, 4) is 0 Å². The summed E-state index contributed by atoms with van der Waals surface area (Å²) in [7, 11) is -3.16. The minimum Gasteiger partial charge on any atom is -0.481 e. The van der Waals surface area contributed by atoms with Crippen LogP contribution in [0.15, 0.2) is 12.7 Å². The maximum Gasteiger partial charge on any atom is 0.410 e. The molecule has 0 aromatic heterocycles. The van der Waals surface area contributed by atoms with Crippen molar-refractivity contribution in [1.82, 2.24) is 4.90 Å². The van der Waals surface area contributed by atoms with Gasteiger partial charge in [0.05, 0.1) is 17.4 Å². The van der Waals surface area contributed by atoms with Crippen LogP contribution in [-0.4, -0.2) is 61.7 Å². The average Bonchev–Trinajstić information content (AvgIpc) is 2.64. The first-order chi connectivity index (χ1) is 8.80. The molecular formula is C11H15NO6S. The Morgan fingerprint density at radius 1 is 1.47 bits per heavy atom. The first-order valence-electron chi connectivity index (χ1n) is 5.75. The van der Waals surface area contributed by atoms with Crippen LogP contribution < -0.4 is 0 Å². The number of hydrogen-bond acceptors (Lipinski definition) is 5. The Kier molecular flexibility index (Phi) is 3.29. The van der Waals surface area contributed by atoms with Crippen molar-refractivity contribution < 1.29 is 27.9 Å². The van der Waals surface area contributed by atoms with Gasteiger partial charge in [0.2, 0.25) is 0 Å². The highest BCUT2D eigenvalue weighted by Gasteiger charge is 2.61. The standard InChI is InChI=1S/C11H15NO6S/c1-2-3-18-10(15)12-4-8(9(13)14)11(5-12)6-19(16,17)7-11/h2,8H,1,3-7H2,(H,13,14). The van der Waals surface area contributed by atoms with Crippen LogP contribution in [0.5, 0.6) is 0 Å². The number of carbonyl (C=O) groups excluding carboxylic acids is 1. The molecule has 8 heteroatoms. The van der Waals surface area contributed by atoms with E-state index in [2.05, 4.69) is 6.58 Å². The number of hydrogen-bond donors (Lipinski definition) is 1. The predicted octanol–water partition coefficient (Wildman–Crippen LogP) is -0.260. The summed E-state index contributed by atoms with van der Waals surface area (Å²) >= 11 is 0. The highest BCUT2D eigenvalue weighted by atomic mass is 32.2. The molecule has 19 heavy (non-hydrogen) atoms. The number of likely N-dealkylation sites (tertiary alicyclic amines) is 1. The maximum atomic E-state index is 11.7. The molecule has 2 fully saturated rings. The van der Waals surface area contributed by atoms with Gasteiger partial charge in [-0.25, -0.2) is 13.2 Å². The van der Waals surface area contributed by atoms with Crippen LogP contribution in [0.1, 0.15) is 0 Å². The number of carboxylic acids is 1. The highest BCUT2D eigenvalue weighted by Crippen LogP contribution is 2.45. The molecule has 2 aliphatic heterocycles. The third-order valence-corrected chi connectivity index (χ3v) is 5.57. The van der Waals surface area contributed by atoms with E-state index in [1.807, 2.05) is 0 Å². The van der Waals surface area contributed by atoms with Gasteiger partial charge >= 0.3 is 12.1 Å². The molecule has 7 nitrogen and oxygen atoms in total. The molecule has 1 atom stereocenters. The second-order valence-corrected chi connectivity index (χ2v) is 7.10. The van der Waals surface area contributed by atoms with E-state index in [-0.39, 0.29) is 31.2 Å². The number of rotatable bonds is 3. The number of carboxylic acid groups (broad SMARTS) is 1. The second kappa shape index (κ2) is 4.52. The van der Waals surface area contributed by atoms with E-state index in [1.54, 1.807) is 0 Å². The quantitative estimate of drug-likeness (QED) is 0.718. The Hall–Kier alpha value is -1.57. The smallest absolute Gasteiger partial charge is 0.410 e. The van der Waals surface area contributed by atoms with E-state index in [1.165, 1.54) is 11.0 Å². The van der Waals surface area contributed by atoms with Crippen LogP contribution in [0.25, 0.3) is 0 Å². The zero-order valence-electron chi connectivity index (χ0n) is 10.2. The summed E-state index contributed by atoms with van der Waals surface area (Å²) in [5, 5.41) is 9.17. The molecular weight excluding hydrogens is 274 g/mol. The van der Waals surface area contributed by atoms with Gasteiger partial charge in [-0.3, -0.25) is 4.79 Å². The molecule has 1 N–H and O–H groups in total. The van der Waals surface area contributed by atoms with Gasteiger partial charge in [0, 0.05) is 18.5 Å². The topological polar surface area (TPSA) is 101 Å². The van der Waals surface area contributed by atoms with Crippen molar-refractivity contribution in [3.05, 3.63) is 12.7 Å². The van der Waals surface area contributed by atoms with Crippen LogP contribution in [0.2, 0.25) is 0 Å². The second-order valence-electron chi connectivity index (χ2n) is 5.03. The molecule has 1 unspecified atom stereocenters. The molecule has 2 saturated heterocycles. The van der Waals surface area contributed by atoms with Gasteiger partial charge in [0.25, 0.3) is 0 Å². The molecule has 0 saturated carbocycles. The summed E-state index contributed by atoms with van der Waals surface area (Å²) in [6.45, 7) is 3.55. The van der Waals surface area contributed by atoms with Crippen LogP contribution in [0, 0.1) is 11.3 Å². The number of nitrogens with zero attached hydrogens (tertiary/aromatic N) is 1. The van der Waals surface area contributed by atoms with Crippen molar-refractivity contribution in [3.63, 3.8) is 0 Å². The van der Waals surface area contributed by atoms with E-state index in [0.717, 1.165) is 0 Å². The zero-order valence-corrected chi connectivity index (χ0v) is 11.1. The van der Waals surface area contributed by atoms with Gasteiger partial charge in [-0.05, 0) is 0 Å². The lowest BCUT2D eigenvalue weighted by Gasteiger charge is -2.39. The number of amides is 1. The van der Waals surface area contributed by atoms with Gasteiger partial charge in [-0.15, -0.1) is 0 Å². The summed E-state index contributed by atoms with van der Waals surface area (Å²) in [5.41, 5.74) is -0.849. The van der Waals surface area contributed by atoms with Crippen molar-refractivity contribution >= 4 is 21.9 Å². The number of ether oxygens (including phenoxy) is 1. The lowest BCUT2D eigenvalue weighted by Crippen LogP contribution is -2.55. The summed E-state index contributed by atoms with van der Waals surface area (Å²) in [4.78, 5) is 24.1. The number of aliphatic carboxylic acids is 1. The summed E-state index contributed by atoms with van der Waals surface area (Å²) < 4.78 is 27.5. The van der Waals surface area contributed by atoms with Crippen LogP contribution in [0.4, 0.5) is 4.79 Å². The predicted molar refractivity (Wildman–Crippen MR) is 65.3 cm³/mol. The van der Waals surface area contributed by atoms with Crippen LogP contribution >= 0.6 is 0 Å². The van der Waals surface area contributed by atoms with E-state index < -0.39 is 33.2 Å². The molecule has 0 aromatic rings. The van der Waals surface area contributed by atoms with Gasteiger partial charge in [-0.1, -0.05) is 12.7 Å². The Morgan fingerprint density at radius 2 is 2.11 bits per heavy atom. The first-order valence-corrected chi connectivity index (χ1v) is 7.58. The first kappa shape index (κ1) is 13.9. The fraction of sp³-hybridized carbons (Fsp3) is 0.636. The average molecular weight is 289 g/mol. The minimum absolute atomic E-state index is 0.0131. The van der Waals surface area contributed by atoms with Gasteiger partial charge < -0.3 is 14.7 Å². The lowest BCUT2D eigenvalue weighted by atomic mass is 9.81. The van der Waals surface area contributed by atoms with E-state index in [0.29, 0.717) is 0 Å². The Morgan fingerprint density at radius 3 is 2.58 bits per heavy atom. The number of sulfone groups is 1. The minimum atomic E-state index is -3.16. The number of carbonyl (C=O) groups is 2.